The summed E-state index contributed by atoms with van der Waals surface area (Å²) in [5.74, 6) is 0.446. The van der Waals surface area contributed by atoms with Gasteiger partial charge < -0.3 is 14.2 Å². The second-order valence-electron chi connectivity index (χ2n) is 9.19. The molecular weight excluding hydrogens is 510 g/mol. The first-order valence-electron chi connectivity index (χ1n) is 12.8. The average Bonchev–Trinajstić information content (AvgIpc) is 3.45. The number of benzene rings is 2. The van der Waals surface area contributed by atoms with Gasteiger partial charge in [-0.25, -0.2) is 4.99 Å². The standard InChI is InChI=1S/C30H29N5O3S/c1-5-33(6-2)29(37)26-19(3)32-30-35(27(26)22-12-8-10-14-24(22)38-4)28(36)25(39-30)17-20-18-34(16-15-31)23-13-9-7-11-21(20)23/h7-14,17-18,27H,5-6,16H2,1-4H3/b25-17+/t27-/m0/s1. The van der Waals surface area contributed by atoms with Crippen LogP contribution in [0, 0.1) is 11.3 Å². The maximum Gasteiger partial charge on any atom is 0.271 e. The summed E-state index contributed by atoms with van der Waals surface area (Å²) in [4.78, 5) is 34.9. The highest BCUT2D eigenvalue weighted by Gasteiger charge is 2.35. The highest BCUT2D eigenvalue weighted by molar-refractivity contribution is 7.07. The lowest BCUT2D eigenvalue weighted by Gasteiger charge is -2.29. The highest BCUT2D eigenvalue weighted by atomic mass is 32.1. The summed E-state index contributed by atoms with van der Waals surface area (Å²) in [5, 5.41) is 10.2. The predicted octanol–water partition coefficient (Wildman–Crippen LogP) is 3.59. The molecule has 0 unspecified atom stereocenters. The van der Waals surface area contributed by atoms with Crippen LogP contribution in [-0.2, 0) is 11.3 Å². The van der Waals surface area contributed by atoms with Gasteiger partial charge in [0, 0.05) is 41.3 Å². The van der Waals surface area contributed by atoms with Crippen LogP contribution in [-0.4, -0.2) is 40.1 Å². The van der Waals surface area contributed by atoms with Crippen molar-refractivity contribution in [1.29, 1.82) is 5.26 Å². The Kier molecular flexibility index (Phi) is 7.22. The summed E-state index contributed by atoms with van der Waals surface area (Å²) in [6.07, 6.45) is 3.74. The van der Waals surface area contributed by atoms with Crippen molar-refractivity contribution >= 4 is 34.2 Å². The molecule has 8 nitrogen and oxygen atoms in total. The first kappa shape index (κ1) is 26.2. The molecule has 1 aliphatic rings. The van der Waals surface area contributed by atoms with Gasteiger partial charge in [0.1, 0.15) is 18.3 Å². The molecule has 4 aromatic rings. The van der Waals surface area contributed by atoms with Crippen LogP contribution in [0.25, 0.3) is 17.0 Å². The minimum Gasteiger partial charge on any atom is -0.496 e. The zero-order valence-electron chi connectivity index (χ0n) is 22.3. The number of nitriles is 1. The van der Waals surface area contributed by atoms with Gasteiger partial charge in [-0.2, -0.15) is 5.26 Å². The lowest BCUT2D eigenvalue weighted by Crippen LogP contribution is -2.43. The molecule has 0 bridgehead atoms. The van der Waals surface area contributed by atoms with E-state index < -0.39 is 6.04 Å². The van der Waals surface area contributed by atoms with Crippen LogP contribution in [0.3, 0.4) is 0 Å². The number of nitrogens with zero attached hydrogens (tertiary/aromatic N) is 5. The molecule has 39 heavy (non-hydrogen) atoms. The van der Waals surface area contributed by atoms with E-state index in [1.165, 1.54) is 11.3 Å². The first-order valence-corrected chi connectivity index (χ1v) is 13.6. The van der Waals surface area contributed by atoms with Crippen molar-refractivity contribution in [2.45, 2.75) is 33.4 Å². The van der Waals surface area contributed by atoms with E-state index in [-0.39, 0.29) is 18.0 Å². The van der Waals surface area contributed by atoms with Crippen molar-refractivity contribution in [2.75, 3.05) is 20.2 Å². The number of aromatic nitrogens is 2. The third-order valence-corrected chi connectivity index (χ3v) is 8.07. The van der Waals surface area contributed by atoms with Crippen LogP contribution < -0.4 is 19.6 Å². The van der Waals surface area contributed by atoms with Crippen molar-refractivity contribution in [3.8, 4) is 11.8 Å². The minimum absolute atomic E-state index is 0.147. The molecule has 0 fully saturated rings. The number of carbonyl (C=O) groups is 1. The molecule has 1 amide bonds. The number of allylic oxidation sites excluding steroid dienone is 1. The van der Waals surface area contributed by atoms with Crippen LogP contribution in [0.2, 0.25) is 0 Å². The molecule has 0 spiro atoms. The summed E-state index contributed by atoms with van der Waals surface area (Å²) in [5.41, 5.74) is 3.31. The lowest BCUT2D eigenvalue weighted by molar-refractivity contribution is -0.127. The Hall–Kier alpha value is -4.42. The first-order chi connectivity index (χ1) is 18.9. The summed E-state index contributed by atoms with van der Waals surface area (Å²) >= 11 is 1.29. The molecule has 5 rings (SSSR count). The fourth-order valence-electron chi connectivity index (χ4n) is 5.20. The van der Waals surface area contributed by atoms with Gasteiger partial charge in [-0.05, 0) is 39.0 Å². The molecule has 0 saturated carbocycles. The Morgan fingerprint density at radius 2 is 1.90 bits per heavy atom. The number of hydrogen-bond acceptors (Lipinski definition) is 6. The SMILES string of the molecule is CCN(CC)C(=O)C1=C(C)N=c2s/c(=C/c3cn(CC#N)c4ccccc34)c(=O)n2[C@H]1c1ccccc1OC. The van der Waals surface area contributed by atoms with Crippen molar-refractivity contribution < 1.29 is 9.53 Å². The van der Waals surface area contributed by atoms with E-state index in [0.29, 0.717) is 39.4 Å². The molecule has 1 atom stereocenters. The Bertz CT molecular complexity index is 1830. The van der Waals surface area contributed by atoms with Crippen molar-refractivity contribution in [1.82, 2.24) is 14.0 Å². The number of fused-ring (bicyclic) bond motifs is 2. The molecule has 3 heterocycles. The number of hydrogen-bond donors (Lipinski definition) is 0. The molecule has 198 valence electrons. The van der Waals surface area contributed by atoms with E-state index in [0.717, 1.165) is 22.0 Å². The Morgan fingerprint density at radius 1 is 1.18 bits per heavy atom. The minimum atomic E-state index is -0.687. The third-order valence-electron chi connectivity index (χ3n) is 7.08. The van der Waals surface area contributed by atoms with E-state index in [9.17, 15) is 14.9 Å². The predicted molar refractivity (Wildman–Crippen MR) is 152 cm³/mol. The molecule has 0 aliphatic carbocycles. The van der Waals surface area contributed by atoms with Gasteiger partial charge in [0.05, 0.1) is 29.0 Å². The van der Waals surface area contributed by atoms with Gasteiger partial charge >= 0.3 is 0 Å². The summed E-state index contributed by atoms with van der Waals surface area (Å²) < 4.78 is 9.67. The second-order valence-corrected chi connectivity index (χ2v) is 10.2. The van der Waals surface area contributed by atoms with E-state index in [2.05, 4.69) is 6.07 Å². The zero-order chi connectivity index (χ0) is 27.7. The molecule has 0 saturated heterocycles. The fraction of sp³-hybridized carbons (Fsp3) is 0.267. The Labute approximate surface area is 230 Å². The zero-order valence-corrected chi connectivity index (χ0v) is 23.2. The van der Waals surface area contributed by atoms with Crippen molar-refractivity contribution in [3.05, 3.63) is 96.8 Å². The molecule has 9 heteroatoms. The number of methoxy groups -OCH3 is 1. The number of thiazole rings is 1. The number of likely N-dealkylation sites (N-methyl/N-ethyl adjacent to an activating group) is 1. The van der Waals surface area contributed by atoms with Gasteiger partial charge in [-0.3, -0.25) is 14.2 Å². The van der Waals surface area contributed by atoms with Gasteiger partial charge in [0.25, 0.3) is 11.5 Å². The summed E-state index contributed by atoms with van der Waals surface area (Å²) in [6.45, 7) is 7.00. The topological polar surface area (TPSA) is 92.6 Å². The average molecular weight is 540 g/mol. The number of carbonyl (C=O) groups excluding carboxylic acids is 1. The van der Waals surface area contributed by atoms with Crippen molar-refractivity contribution in [3.63, 3.8) is 0 Å². The van der Waals surface area contributed by atoms with E-state index in [1.807, 2.05) is 86.1 Å². The Morgan fingerprint density at radius 3 is 2.62 bits per heavy atom. The smallest absolute Gasteiger partial charge is 0.271 e. The monoisotopic (exact) mass is 539 g/mol. The molecule has 2 aromatic heterocycles. The summed E-state index contributed by atoms with van der Waals surface area (Å²) in [6, 6.07) is 16.8. The summed E-state index contributed by atoms with van der Waals surface area (Å²) in [7, 11) is 1.59. The maximum atomic E-state index is 14.1. The van der Waals surface area contributed by atoms with Gasteiger partial charge in [-0.1, -0.05) is 47.7 Å². The molecular formula is C30H29N5O3S. The molecule has 2 aromatic carbocycles. The fourth-order valence-corrected chi connectivity index (χ4v) is 6.24. The molecule has 0 radical (unpaired) electrons. The van der Waals surface area contributed by atoms with E-state index >= 15 is 0 Å². The van der Waals surface area contributed by atoms with Gasteiger partial charge in [0.15, 0.2) is 4.80 Å². The van der Waals surface area contributed by atoms with Crippen LogP contribution in [0.5, 0.6) is 5.75 Å². The largest absolute Gasteiger partial charge is 0.496 e. The van der Waals surface area contributed by atoms with Crippen LogP contribution in [0.1, 0.15) is 37.9 Å². The molecule has 0 N–H and O–H groups in total. The number of para-hydroxylation sites is 2. The van der Waals surface area contributed by atoms with E-state index in [1.54, 1.807) is 16.6 Å². The Balaban J connectivity index is 1.77. The lowest BCUT2D eigenvalue weighted by atomic mass is 9.94. The van der Waals surface area contributed by atoms with Crippen LogP contribution >= 0.6 is 11.3 Å². The van der Waals surface area contributed by atoms with Gasteiger partial charge in [-0.15, -0.1) is 0 Å². The quantitative estimate of drug-likeness (QED) is 0.359. The second kappa shape index (κ2) is 10.8. The van der Waals surface area contributed by atoms with E-state index in [4.69, 9.17) is 9.73 Å². The number of amides is 1. The van der Waals surface area contributed by atoms with Gasteiger partial charge in [0.2, 0.25) is 0 Å². The number of rotatable bonds is 7. The number of ether oxygens (including phenoxy) is 1. The van der Waals surface area contributed by atoms with Crippen LogP contribution in [0.4, 0.5) is 0 Å². The van der Waals surface area contributed by atoms with Crippen molar-refractivity contribution in [2.24, 2.45) is 4.99 Å². The van der Waals surface area contributed by atoms with Crippen LogP contribution in [0.15, 0.2) is 75.8 Å². The normalized spacial score (nSPS) is 15.2. The highest BCUT2D eigenvalue weighted by Crippen LogP contribution is 2.36. The maximum absolute atomic E-state index is 14.1. The third kappa shape index (κ3) is 4.47. The molecule has 1 aliphatic heterocycles.